The number of piperazine rings is 1. The SMILES string of the molecule is CCC(C)C1NC(=O)C(C)N(CCCC(F)(F)F)C1=O. The fraction of sp³-hybridized carbons (Fsp3) is 0.846. The van der Waals surface area contributed by atoms with Crippen molar-refractivity contribution in [2.75, 3.05) is 6.54 Å². The van der Waals surface area contributed by atoms with Crippen LogP contribution in [0.5, 0.6) is 0 Å². The summed E-state index contributed by atoms with van der Waals surface area (Å²) in [5.41, 5.74) is 0. The van der Waals surface area contributed by atoms with Crippen LogP contribution in [-0.4, -0.2) is 41.5 Å². The number of carbonyl (C=O) groups excluding carboxylic acids is 2. The van der Waals surface area contributed by atoms with E-state index in [1.807, 2.05) is 13.8 Å². The van der Waals surface area contributed by atoms with Crippen molar-refractivity contribution in [3.8, 4) is 0 Å². The molecule has 0 aliphatic carbocycles. The van der Waals surface area contributed by atoms with Crippen molar-refractivity contribution in [2.45, 2.75) is 58.3 Å². The lowest BCUT2D eigenvalue weighted by molar-refractivity contribution is -0.152. The highest BCUT2D eigenvalue weighted by molar-refractivity contribution is 5.96. The summed E-state index contributed by atoms with van der Waals surface area (Å²) < 4.78 is 36.5. The molecule has 1 fully saturated rings. The van der Waals surface area contributed by atoms with Crippen molar-refractivity contribution < 1.29 is 22.8 Å². The summed E-state index contributed by atoms with van der Waals surface area (Å²) in [7, 11) is 0. The van der Waals surface area contributed by atoms with Gasteiger partial charge in [0.1, 0.15) is 12.1 Å². The Morgan fingerprint density at radius 3 is 2.45 bits per heavy atom. The van der Waals surface area contributed by atoms with Gasteiger partial charge in [0, 0.05) is 13.0 Å². The molecular weight excluding hydrogens is 273 g/mol. The van der Waals surface area contributed by atoms with E-state index < -0.39 is 24.7 Å². The van der Waals surface area contributed by atoms with E-state index in [4.69, 9.17) is 0 Å². The Labute approximate surface area is 116 Å². The zero-order valence-electron chi connectivity index (χ0n) is 12.0. The molecule has 3 atom stereocenters. The second kappa shape index (κ2) is 6.45. The number of hydrogen-bond donors (Lipinski definition) is 1. The first-order valence-electron chi connectivity index (χ1n) is 6.85. The van der Waals surface area contributed by atoms with Crippen LogP contribution in [0.1, 0.15) is 40.0 Å². The van der Waals surface area contributed by atoms with Crippen molar-refractivity contribution in [3.63, 3.8) is 0 Å². The van der Waals surface area contributed by atoms with Crippen molar-refractivity contribution in [2.24, 2.45) is 5.92 Å². The number of rotatable bonds is 5. The minimum absolute atomic E-state index is 0.0379. The lowest BCUT2D eigenvalue weighted by Gasteiger charge is -2.39. The molecule has 0 bridgehead atoms. The maximum Gasteiger partial charge on any atom is 0.389 e. The van der Waals surface area contributed by atoms with E-state index in [2.05, 4.69) is 5.32 Å². The molecule has 20 heavy (non-hydrogen) atoms. The fourth-order valence-electron chi connectivity index (χ4n) is 2.22. The van der Waals surface area contributed by atoms with Crippen molar-refractivity contribution in [1.29, 1.82) is 0 Å². The molecule has 0 radical (unpaired) electrons. The van der Waals surface area contributed by atoms with Gasteiger partial charge in [-0.05, 0) is 19.3 Å². The summed E-state index contributed by atoms with van der Waals surface area (Å²) in [6.45, 7) is 5.23. The largest absolute Gasteiger partial charge is 0.389 e. The Balaban J connectivity index is 2.70. The predicted molar refractivity (Wildman–Crippen MR) is 67.8 cm³/mol. The van der Waals surface area contributed by atoms with E-state index in [0.29, 0.717) is 6.42 Å². The molecule has 1 aliphatic rings. The molecular formula is C13H21F3N2O2. The van der Waals surface area contributed by atoms with E-state index in [9.17, 15) is 22.8 Å². The van der Waals surface area contributed by atoms with E-state index in [1.165, 1.54) is 11.8 Å². The Hall–Kier alpha value is -1.27. The molecule has 116 valence electrons. The maximum absolute atomic E-state index is 12.3. The van der Waals surface area contributed by atoms with Crippen molar-refractivity contribution in [1.82, 2.24) is 10.2 Å². The Morgan fingerprint density at radius 2 is 1.95 bits per heavy atom. The van der Waals surface area contributed by atoms with Crippen LogP contribution in [0.3, 0.4) is 0 Å². The van der Waals surface area contributed by atoms with Gasteiger partial charge in [0.25, 0.3) is 0 Å². The van der Waals surface area contributed by atoms with Crippen LogP contribution in [-0.2, 0) is 9.59 Å². The van der Waals surface area contributed by atoms with E-state index in [0.717, 1.165) is 0 Å². The molecule has 0 saturated carbocycles. The maximum atomic E-state index is 12.3. The van der Waals surface area contributed by atoms with Gasteiger partial charge in [0.05, 0.1) is 0 Å². The second-order valence-corrected chi connectivity index (χ2v) is 5.30. The van der Waals surface area contributed by atoms with Gasteiger partial charge in [0.15, 0.2) is 0 Å². The third kappa shape index (κ3) is 4.11. The summed E-state index contributed by atoms with van der Waals surface area (Å²) in [5.74, 6) is -0.625. The lowest BCUT2D eigenvalue weighted by Crippen LogP contribution is -2.64. The average Bonchev–Trinajstić information content (AvgIpc) is 2.35. The molecule has 1 N–H and O–H groups in total. The molecule has 1 saturated heterocycles. The Bertz CT molecular complexity index is 371. The zero-order chi connectivity index (χ0) is 15.5. The monoisotopic (exact) mass is 294 g/mol. The minimum Gasteiger partial charge on any atom is -0.342 e. The summed E-state index contributed by atoms with van der Waals surface area (Å²) in [6.07, 6.45) is -4.65. The van der Waals surface area contributed by atoms with E-state index in [1.54, 1.807) is 0 Å². The molecule has 7 heteroatoms. The number of hydrogen-bond acceptors (Lipinski definition) is 2. The molecule has 0 aromatic rings. The number of nitrogens with zero attached hydrogens (tertiary/aromatic N) is 1. The number of halogens is 3. The van der Waals surface area contributed by atoms with Crippen LogP contribution in [0.4, 0.5) is 13.2 Å². The second-order valence-electron chi connectivity index (χ2n) is 5.30. The number of nitrogens with one attached hydrogen (secondary N) is 1. The van der Waals surface area contributed by atoms with Crippen LogP contribution < -0.4 is 5.32 Å². The molecule has 4 nitrogen and oxygen atoms in total. The summed E-state index contributed by atoms with van der Waals surface area (Å²) >= 11 is 0. The first kappa shape index (κ1) is 16.8. The Kier molecular flexibility index (Phi) is 5.42. The molecule has 3 unspecified atom stereocenters. The molecule has 1 aliphatic heterocycles. The number of amides is 2. The summed E-state index contributed by atoms with van der Waals surface area (Å²) in [6, 6.07) is -1.34. The molecule has 0 aromatic heterocycles. The van der Waals surface area contributed by atoms with Crippen LogP contribution in [0, 0.1) is 5.92 Å². The minimum atomic E-state index is -4.24. The lowest BCUT2D eigenvalue weighted by atomic mass is 9.94. The third-order valence-corrected chi connectivity index (χ3v) is 3.77. The fourth-order valence-corrected chi connectivity index (χ4v) is 2.22. The normalized spacial score (nSPS) is 25.6. The van der Waals surface area contributed by atoms with Gasteiger partial charge in [-0.25, -0.2) is 0 Å². The van der Waals surface area contributed by atoms with Crippen LogP contribution >= 0.6 is 0 Å². The highest BCUT2D eigenvalue weighted by atomic mass is 19.4. The standard InChI is InChI=1S/C13H21F3N2O2/c1-4-8(2)10-12(20)18(9(3)11(19)17-10)7-5-6-13(14,15)16/h8-10H,4-7H2,1-3H3,(H,17,19). The molecule has 1 heterocycles. The first-order chi connectivity index (χ1) is 9.17. The van der Waals surface area contributed by atoms with Gasteiger partial charge in [-0.15, -0.1) is 0 Å². The van der Waals surface area contributed by atoms with Crippen LogP contribution in [0.2, 0.25) is 0 Å². The molecule has 0 spiro atoms. The van der Waals surface area contributed by atoms with E-state index >= 15 is 0 Å². The highest BCUT2D eigenvalue weighted by Gasteiger charge is 2.40. The van der Waals surface area contributed by atoms with Gasteiger partial charge in [-0.1, -0.05) is 20.3 Å². The molecule has 1 rings (SSSR count). The summed E-state index contributed by atoms with van der Waals surface area (Å²) in [5, 5.41) is 2.65. The topological polar surface area (TPSA) is 49.4 Å². The average molecular weight is 294 g/mol. The van der Waals surface area contributed by atoms with Gasteiger partial charge < -0.3 is 10.2 Å². The molecule has 0 aromatic carbocycles. The zero-order valence-corrected chi connectivity index (χ0v) is 12.0. The van der Waals surface area contributed by atoms with Gasteiger partial charge in [-0.3, -0.25) is 9.59 Å². The van der Waals surface area contributed by atoms with Gasteiger partial charge >= 0.3 is 6.18 Å². The predicted octanol–water partition coefficient (Wildman–Crippen LogP) is 2.09. The molecule has 2 amide bonds. The van der Waals surface area contributed by atoms with Gasteiger partial charge in [0.2, 0.25) is 11.8 Å². The van der Waals surface area contributed by atoms with Crippen LogP contribution in [0.25, 0.3) is 0 Å². The van der Waals surface area contributed by atoms with Crippen LogP contribution in [0.15, 0.2) is 0 Å². The highest BCUT2D eigenvalue weighted by Crippen LogP contribution is 2.23. The Morgan fingerprint density at radius 1 is 1.35 bits per heavy atom. The first-order valence-corrected chi connectivity index (χ1v) is 6.85. The quantitative estimate of drug-likeness (QED) is 0.844. The van der Waals surface area contributed by atoms with Crippen molar-refractivity contribution >= 4 is 11.8 Å². The third-order valence-electron chi connectivity index (χ3n) is 3.77. The van der Waals surface area contributed by atoms with E-state index in [-0.39, 0.29) is 30.7 Å². The summed E-state index contributed by atoms with van der Waals surface area (Å²) in [4.78, 5) is 25.3. The smallest absolute Gasteiger partial charge is 0.342 e. The van der Waals surface area contributed by atoms with Gasteiger partial charge in [-0.2, -0.15) is 13.2 Å². The number of alkyl halides is 3. The van der Waals surface area contributed by atoms with Crippen molar-refractivity contribution in [3.05, 3.63) is 0 Å². The number of carbonyl (C=O) groups is 2.